The lowest BCUT2D eigenvalue weighted by molar-refractivity contribution is -0.120. The van der Waals surface area contributed by atoms with E-state index in [-0.39, 0.29) is 47.5 Å². The van der Waals surface area contributed by atoms with Crippen molar-refractivity contribution in [3.63, 3.8) is 0 Å². The maximum Gasteiger partial charge on any atom is 0.224 e. The summed E-state index contributed by atoms with van der Waals surface area (Å²) in [6, 6.07) is 6.12. The quantitative estimate of drug-likeness (QED) is 0.176. The first kappa shape index (κ1) is 26.6. The summed E-state index contributed by atoms with van der Waals surface area (Å²) in [6.07, 6.45) is 6.16. The highest BCUT2D eigenvalue weighted by Gasteiger charge is 2.33. The predicted octanol–water partition coefficient (Wildman–Crippen LogP) is 3.25. The van der Waals surface area contributed by atoms with Crippen LogP contribution in [0.15, 0.2) is 29.3 Å². The van der Waals surface area contributed by atoms with Crippen LogP contribution in [-0.2, 0) is 16.0 Å². The van der Waals surface area contributed by atoms with E-state index in [0.717, 1.165) is 32.1 Å². The Kier molecular flexibility index (Phi) is 12.9. The number of hydrogen-bond acceptors (Lipinski definition) is 3. The molecule has 1 aromatic rings. The Morgan fingerprint density at radius 3 is 2.60 bits per heavy atom. The van der Waals surface area contributed by atoms with Crippen LogP contribution in [0.5, 0.6) is 0 Å². The summed E-state index contributed by atoms with van der Waals surface area (Å²) in [5.41, 5.74) is 0.917. The number of carbonyl (C=O) groups excluding carboxylic acids is 1. The van der Waals surface area contributed by atoms with E-state index in [2.05, 4.69) is 16.0 Å². The largest absolute Gasteiger partial charge is 0.385 e. The lowest BCUT2D eigenvalue weighted by atomic mass is 9.83. The Hall–Kier alpha value is -1.42. The number of benzene rings is 1. The van der Waals surface area contributed by atoms with Gasteiger partial charge in [-0.1, -0.05) is 25.0 Å². The number of halogens is 2. The van der Waals surface area contributed by atoms with Crippen molar-refractivity contribution in [3.8, 4) is 0 Å². The molecule has 1 saturated carbocycles. The molecule has 0 atom stereocenters. The Balaban J connectivity index is 0.00000450. The predicted molar refractivity (Wildman–Crippen MR) is 130 cm³/mol. The van der Waals surface area contributed by atoms with Gasteiger partial charge in [-0.2, -0.15) is 0 Å². The van der Waals surface area contributed by atoms with E-state index in [1.165, 1.54) is 37.8 Å². The maximum absolute atomic E-state index is 13.2. The van der Waals surface area contributed by atoms with Gasteiger partial charge in [0.25, 0.3) is 0 Å². The summed E-state index contributed by atoms with van der Waals surface area (Å²) in [6.45, 7) is 5.44. The van der Waals surface area contributed by atoms with Gasteiger partial charge < -0.3 is 20.7 Å². The molecule has 0 saturated heterocycles. The van der Waals surface area contributed by atoms with E-state index in [1.807, 2.05) is 6.92 Å². The second kappa shape index (κ2) is 14.6. The monoisotopic (exact) mass is 534 g/mol. The zero-order valence-electron chi connectivity index (χ0n) is 18.1. The zero-order valence-corrected chi connectivity index (χ0v) is 20.5. The van der Waals surface area contributed by atoms with Gasteiger partial charge in [0, 0.05) is 39.9 Å². The molecule has 0 radical (unpaired) electrons. The number of nitrogens with zero attached hydrogens (tertiary/aromatic N) is 1. The molecule has 0 unspecified atom stereocenters. The van der Waals surface area contributed by atoms with E-state index in [1.54, 1.807) is 19.2 Å². The summed E-state index contributed by atoms with van der Waals surface area (Å²) in [7, 11) is 1.75. The van der Waals surface area contributed by atoms with Gasteiger partial charge in [0.15, 0.2) is 5.96 Å². The number of amides is 1. The first-order valence-corrected chi connectivity index (χ1v) is 10.6. The second-order valence-corrected chi connectivity index (χ2v) is 7.73. The Labute approximate surface area is 196 Å². The first-order valence-electron chi connectivity index (χ1n) is 10.6. The number of carbonyl (C=O) groups is 1. The molecule has 1 aromatic carbocycles. The molecule has 0 aliphatic heterocycles. The van der Waals surface area contributed by atoms with Gasteiger partial charge in [-0.25, -0.2) is 4.39 Å². The Bertz CT molecular complexity index is 666. The van der Waals surface area contributed by atoms with Gasteiger partial charge in [-0.05, 0) is 49.3 Å². The molecule has 1 aliphatic rings. The first-order chi connectivity index (χ1) is 14.1. The van der Waals surface area contributed by atoms with Crippen LogP contribution in [0.25, 0.3) is 0 Å². The third kappa shape index (κ3) is 9.59. The summed E-state index contributed by atoms with van der Waals surface area (Å²) in [5, 5.41) is 9.40. The number of methoxy groups -OCH3 is 1. The highest BCUT2D eigenvalue weighted by atomic mass is 127. The fraction of sp³-hybridized carbons (Fsp3) is 0.636. The molecule has 2 rings (SSSR count). The average molecular weight is 534 g/mol. The van der Waals surface area contributed by atoms with E-state index in [4.69, 9.17) is 9.73 Å². The minimum Gasteiger partial charge on any atom is -0.385 e. The molecule has 30 heavy (non-hydrogen) atoms. The molecule has 1 fully saturated rings. The second-order valence-electron chi connectivity index (χ2n) is 7.73. The lowest BCUT2D eigenvalue weighted by Gasteiger charge is -2.27. The van der Waals surface area contributed by atoms with Crippen molar-refractivity contribution >= 4 is 35.8 Å². The van der Waals surface area contributed by atoms with E-state index < -0.39 is 0 Å². The van der Waals surface area contributed by atoms with Crippen LogP contribution in [0.3, 0.4) is 0 Å². The normalized spacial score (nSPS) is 15.4. The van der Waals surface area contributed by atoms with Gasteiger partial charge >= 0.3 is 0 Å². The lowest BCUT2D eigenvalue weighted by Crippen LogP contribution is -2.42. The number of guanidine groups is 1. The molecule has 1 aliphatic carbocycles. The highest BCUT2D eigenvalue weighted by Crippen LogP contribution is 2.41. The number of rotatable bonds is 11. The summed E-state index contributed by atoms with van der Waals surface area (Å²) in [4.78, 5) is 16.8. The molecule has 8 heteroatoms. The molecule has 3 N–H and O–H groups in total. The topological polar surface area (TPSA) is 74.8 Å². The van der Waals surface area contributed by atoms with Crippen molar-refractivity contribution in [2.75, 3.05) is 39.9 Å². The van der Waals surface area contributed by atoms with Crippen LogP contribution in [0.4, 0.5) is 4.39 Å². The molecular formula is C22H36FIN4O2. The molecular weight excluding hydrogens is 498 g/mol. The van der Waals surface area contributed by atoms with Crippen LogP contribution in [0, 0.1) is 11.2 Å². The summed E-state index contributed by atoms with van der Waals surface area (Å²) in [5.74, 6) is 0.327. The van der Waals surface area contributed by atoms with Crippen LogP contribution in [0.1, 0.15) is 44.6 Å². The Morgan fingerprint density at radius 2 is 1.93 bits per heavy atom. The van der Waals surface area contributed by atoms with Crippen molar-refractivity contribution in [1.82, 2.24) is 16.0 Å². The number of aliphatic imine (C=N–C) groups is 1. The average Bonchev–Trinajstić information content (AvgIpc) is 3.17. The third-order valence-electron chi connectivity index (χ3n) is 5.41. The number of ether oxygens (including phenoxy) is 1. The molecule has 1 amide bonds. The fourth-order valence-electron chi connectivity index (χ4n) is 3.80. The van der Waals surface area contributed by atoms with Crippen LogP contribution < -0.4 is 16.0 Å². The SMILES string of the molecule is CCNC(=NCC1(CCOC)CCCC1)NCCNC(=O)Cc1cccc(F)c1.I. The summed E-state index contributed by atoms with van der Waals surface area (Å²) >= 11 is 0. The van der Waals surface area contributed by atoms with Gasteiger partial charge in [-0.15, -0.1) is 24.0 Å². The number of nitrogens with one attached hydrogen (secondary N) is 3. The minimum atomic E-state index is -0.325. The van der Waals surface area contributed by atoms with E-state index in [0.29, 0.717) is 18.7 Å². The van der Waals surface area contributed by atoms with Crippen molar-refractivity contribution < 1.29 is 13.9 Å². The van der Waals surface area contributed by atoms with Crippen molar-refractivity contribution in [3.05, 3.63) is 35.6 Å². The van der Waals surface area contributed by atoms with Gasteiger partial charge in [0.2, 0.25) is 5.91 Å². The molecule has 0 bridgehead atoms. The van der Waals surface area contributed by atoms with E-state index in [9.17, 15) is 9.18 Å². The fourth-order valence-corrected chi connectivity index (χ4v) is 3.80. The molecule has 0 aromatic heterocycles. The minimum absolute atomic E-state index is 0. The van der Waals surface area contributed by atoms with Gasteiger partial charge in [0.1, 0.15) is 5.82 Å². The summed E-state index contributed by atoms with van der Waals surface area (Å²) < 4.78 is 18.5. The maximum atomic E-state index is 13.2. The zero-order chi connectivity index (χ0) is 21.0. The van der Waals surface area contributed by atoms with Crippen LogP contribution >= 0.6 is 24.0 Å². The smallest absolute Gasteiger partial charge is 0.224 e. The molecule has 6 nitrogen and oxygen atoms in total. The van der Waals surface area contributed by atoms with Gasteiger partial charge in [-0.3, -0.25) is 9.79 Å². The van der Waals surface area contributed by atoms with Crippen LogP contribution in [-0.4, -0.2) is 51.8 Å². The number of hydrogen-bond donors (Lipinski definition) is 3. The van der Waals surface area contributed by atoms with E-state index >= 15 is 0 Å². The highest BCUT2D eigenvalue weighted by molar-refractivity contribution is 14.0. The van der Waals surface area contributed by atoms with Crippen molar-refractivity contribution in [1.29, 1.82) is 0 Å². The molecule has 0 heterocycles. The molecule has 170 valence electrons. The standard InChI is InChI=1S/C22H35FN4O2.HI/c1-3-24-21(27-17-22(11-14-29-2)9-4-5-10-22)26-13-12-25-20(28)16-18-7-6-8-19(23)15-18;/h6-8,15H,3-5,9-14,16-17H2,1-2H3,(H,25,28)(H2,24,26,27);1H. The van der Waals surface area contributed by atoms with Crippen molar-refractivity contribution in [2.24, 2.45) is 10.4 Å². The van der Waals surface area contributed by atoms with Crippen LogP contribution in [0.2, 0.25) is 0 Å². The third-order valence-corrected chi connectivity index (χ3v) is 5.41. The van der Waals surface area contributed by atoms with Crippen molar-refractivity contribution in [2.45, 2.75) is 45.4 Å². The van der Waals surface area contributed by atoms with Gasteiger partial charge in [0.05, 0.1) is 6.42 Å². The Morgan fingerprint density at radius 1 is 1.20 bits per heavy atom. The molecule has 0 spiro atoms.